The van der Waals surface area contributed by atoms with Crippen LogP contribution in [-0.4, -0.2) is 47.4 Å². The number of aromatic nitrogens is 2. The molecule has 1 unspecified atom stereocenters. The van der Waals surface area contributed by atoms with Crippen molar-refractivity contribution in [1.29, 1.82) is 0 Å². The minimum atomic E-state index is 0.673. The summed E-state index contributed by atoms with van der Waals surface area (Å²) in [6, 6.07) is 10.8. The lowest BCUT2D eigenvalue weighted by Crippen LogP contribution is -2.39. The van der Waals surface area contributed by atoms with Crippen LogP contribution in [0, 0.1) is 0 Å². The van der Waals surface area contributed by atoms with Gasteiger partial charge in [-0.3, -0.25) is 0 Å². The first-order chi connectivity index (χ1) is 10.0. The summed E-state index contributed by atoms with van der Waals surface area (Å²) in [5.41, 5.74) is 8.92. The van der Waals surface area contributed by atoms with Gasteiger partial charge in [0.25, 0.3) is 0 Å². The Labute approximate surface area is 131 Å². The first kappa shape index (κ1) is 14.5. The third-order valence-electron chi connectivity index (χ3n) is 4.27. The van der Waals surface area contributed by atoms with Crippen LogP contribution in [0.5, 0.6) is 0 Å². The molecule has 0 aliphatic carbocycles. The predicted molar refractivity (Wildman–Crippen MR) is 108 cm³/mol. The normalized spacial score (nSPS) is 11.7. The Morgan fingerprint density at radius 3 is 2.48 bits per heavy atom. The molecule has 0 amide bonds. The molecule has 0 bridgehead atoms. The van der Waals surface area contributed by atoms with Crippen molar-refractivity contribution in [3.8, 4) is 11.4 Å². The smallest absolute Gasteiger partial charge is 0.144 e. The summed E-state index contributed by atoms with van der Waals surface area (Å²) in [4.78, 5) is 4.93. The minimum absolute atomic E-state index is 0.673. The fraction of sp³-hybridized carbons (Fsp3) is 0.0714. The van der Waals surface area contributed by atoms with E-state index in [0.717, 1.165) is 11.3 Å². The summed E-state index contributed by atoms with van der Waals surface area (Å²) in [5, 5.41) is 0. The Morgan fingerprint density at radius 2 is 1.81 bits per heavy atom. The highest BCUT2D eigenvalue weighted by molar-refractivity contribution is 7.35. The van der Waals surface area contributed by atoms with E-state index < -0.39 is 0 Å². The molecule has 1 heterocycles. The number of hydrogen-bond donors (Lipinski definition) is 0. The summed E-state index contributed by atoms with van der Waals surface area (Å²) < 4.78 is 2.37. The Balaban J connectivity index is 2.37. The van der Waals surface area contributed by atoms with Crippen LogP contribution < -0.4 is 21.9 Å². The maximum absolute atomic E-state index is 4.93. The Bertz CT molecular complexity index is 845. The molecule has 0 saturated heterocycles. The molecule has 3 aromatic rings. The van der Waals surface area contributed by atoms with Crippen molar-refractivity contribution in [3.63, 3.8) is 0 Å². The van der Waals surface area contributed by atoms with Crippen molar-refractivity contribution < 1.29 is 0 Å². The highest BCUT2D eigenvalue weighted by atomic mass is 31.1. The third kappa shape index (κ3) is 2.36. The van der Waals surface area contributed by atoms with Gasteiger partial charge in [0.1, 0.15) is 37.2 Å². The Hall–Kier alpha value is -1.40. The molecule has 0 fully saturated rings. The number of imidazole rings is 1. The SMILES string of the molecule is Bc1cccc(-c2nc3cc(B)c(B)c(B)c3n2PC)c1. The number of rotatable bonds is 2. The van der Waals surface area contributed by atoms with Gasteiger partial charge in [0, 0.05) is 5.56 Å². The van der Waals surface area contributed by atoms with Crippen molar-refractivity contribution in [2.75, 3.05) is 6.66 Å². The molecule has 7 heteroatoms. The van der Waals surface area contributed by atoms with Crippen LogP contribution in [0.1, 0.15) is 0 Å². The van der Waals surface area contributed by atoms with Crippen molar-refractivity contribution in [1.82, 2.24) is 9.32 Å². The van der Waals surface area contributed by atoms with E-state index >= 15 is 0 Å². The number of nitrogens with zero attached hydrogens (tertiary/aromatic N) is 2. The van der Waals surface area contributed by atoms with Gasteiger partial charge < -0.3 is 4.34 Å². The highest BCUT2D eigenvalue weighted by Crippen LogP contribution is 2.28. The van der Waals surface area contributed by atoms with Crippen molar-refractivity contribution in [3.05, 3.63) is 30.3 Å². The van der Waals surface area contributed by atoms with Crippen LogP contribution in [0.2, 0.25) is 0 Å². The summed E-state index contributed by atoms with van der Waals surface area (Å²) in [5.74, 6) is 1.09. The summed E-state index contributed by atoms with van der Waals surface area (Å²) >= 11 is 0. The van der Waals surface area contributed by atoms with Gasteiger partial charge in [0.05, 0.1) is 11.0 Å². The van der Waals surface area contributed by atoms with E-state index in [2.05, 4.69) is 72.7 Å². The van der Waals surface area contributed by atoms with E-state index in [1.807, 2.05) is 0 Å². The van der Waals surface area contributed by atoms with Crippen LogP contribution in [0.4, 0.5) is 0 Å². The molecule has 2 nitrogen and oxygen atoms in total. The second kappa shape index (κ2) is 5.42. The lowest BCUT2D eigenvalue weighted by molar-refractivity contribution is 1.26. The summed E-state index contributed by atoms with van der Waals surface area (Å²) in [6.45, 7) is 2.22. The molecule has 0 radical (unpaired) electrons. The zero-order valence-electron chi connectivity index (χ0n) is 13.3. The summed E-state index contributed by atoms with van der Waals surface area (Å²) in [7, 11) is 9.38. The van der Waals surface area contributed by atoms with Gasteiger partial charge in [-0.15, -0.1) is 0 Å². The van der Waals surface area contributed by atoms with Gasteiger partial charge >= 0.3 is 0 Å². The monoisotopic (exact) mass is 288 g/mol. The molecule has 0 aliphatic rings. The molecule has 21 heavy (non-hydrogen) atoms. The molecular weight excluding hydrogens is 270 g/mol. The second-order valence-corrected chi connectivity index (χ2v) is 6.57. The largest absolute Gasteiger partial charge is 0.306 e. The third-order valence-corrected chi connectivity index (χ3v) is 5.15. The number of fused-ring (bicyclic) bond motifs is 1. The molecule has 1 atom stereocenters. The van der Waals surface area contributed by atoms with Gasteiger partial charge in [-0.2, -0.15) is 0 Å². The van der Waals surface area contributed by atoms with Gasteiger partial charge in [0.15, 0.2) is 0 Å². The lowest BCUT2D eigenvalue weighted by atomic mass is 9.72. The van der Waals surface area contributed by atoms with Crippen molar-refractivity contribution in [2.24, 2.45) is 0 Å². The molecule has 1 aromatic heterocycles. The number of hydrogen-bond acceptors (Lipinski definition) is 1. The zero-order chi connectivity index (χ0) is 15.1. The molecule has 100 valence electrons. The number of benzene rings is 2. The average Bonchev–Trinajstić information content (AvgIpc) is 2.83. The van der Waals surface area contributed by atoms with Crippen molar-refractivity contribution in [2.45, 2.75) is 0 Å². The second-order valence-electron chi connectivity index (χ2n) is 5.68. The van der Waals surface area contributed by atoms with E-state index in [9.17, 15) is 0 Å². The van der Waals surface area contributed by atoms with E-state index in [1.54, 1.807) is 0 Å². The maximum atomic E-state index is 4.93. The fourth-order valence-corrected chi connectivity index (χ4v) is 3.78. The van der Waals surface area contributed by atoms with Crippen molar-refractivity contribution >= 4 is 73.0 Å². The first-order valence-electron chi connectivity index (χ1n) is 7.27. The molecule has 0 N–H and O–H groups in total. The van der Waals surface area contributed by atoms with E-state index in [-0.39, 0.29) is 0 Å². The van der Waals surface area contributed by atoms with Crippen LogP contribution in [0.3, 0.4) is 0 Å². The van der Waals surface area contributed by atoms with Crippen LogP contribution in [0.15, 0.2) is 30.3 Å². The van der Waals surface area contributed by atoms with E-state index in [0.29, 0.717) is 8.73 Å². The van der Waals surface area contributed by atoms with Gasteiger partial charge in [0.2, 0.25) is 0 Å². The van der Waals surface area contributed by atoms with E-state index in [4.69, 9.17) is 4.98 Å². The topological polar surface area (TPSA) is 17.8 Å². The van der Waals surface area contributed by atoms with Gasteiger partial charge in [-0.1, -0.05) is 46.1 Å². The Morgan fingerprint density at radius 1 is 1.05 bits per heavy atom. The fourth-order valence-electron chi connectivity index (χ4n) is 2.88. The van der Waals surface area contributed by atoms with Gasteiger partial charge in [-0.05, 0) is 21.5 Å². The highest BCUT2D eigenvalue weighted by Gasteiger charge is 2.15. The first-order valence-corrected chi connectivity index (χ1v) is 8.71. The predicted octanol–water partition coefficient (Wildman–Crippen LogP) is -3.19. The molecule has 2 aromatic carbocycles. The minimum Gasteiger partial charge on any atom is -0.306 e. The van der Waals surface area contributed by atoms with Gasteiger partial charge in [-0.25, -0.2) is 4.98 Å². The van der Waals surface area contributed by atoms with E-state index in [1.165, 1.54) is 32.9 Å². The molecule has 0 spiro atoms. The molecule has 0 aliphatic heterocycles. The average molecular weight is 288 g/mol. The zero-order valence-corrected chi connectivity index (χ0v) is 14.3. The molecule has 0 saturated carbocycles. The summed E-state index contributed by atoms with van der Waals surface area (Å²) in [6.07, 6.45) is 0. The van der Waals surface area contributed by atoms with Crippen LogP contribution >= 0.6 is 8.73 Å². The maximum Gasteiger partial charge on any atom is 0.144 e. The standard InChI is InChI=1S/C14H17B4N2P/c1-21-20-13-10(6-9(16)11(17)12(13)18)19-14(20)7-3-2-4-8(15)5-7/h2-6,21H,15-18H2,1H3. The van der Waals surface area contributed by atoms with Crippen LogP contribution in [-0.2, 0) is 0 Å². The molecular formula is C14H17B4N2P. The lowest BCUT2D eigenvalue weighted by Gasteiger charge is -2.11. The molecule has 3 rings (SSSR count). The van der Waals surface area contributed by atoms with Crippen LogP contribution in [0.25, 0.3) is 22.4 Å². The Kier molecular flexibility index (Phi) is 3.75. The quantitative estimate of drug-likeness (QED) is 0.359.